The third-order valence-corrected chi connectivity index (χ3v) is 4.49. The molecule has 0 saturated heterocycles. The van der Waals surface area contributed by atoms with Crippen LogP contribution < -0.4 is 21.3 Å². The van der Waals surface area contributed by atoms with E-state index in [-0.39, 0.29) is 17.5 Å². The molecule has 0 bridgehead atoms. The van der Waals surface area contributed by atoms with Gasteiger partial charge in [-0.2, -0.15) is 0 Å². The molecule has 0 rings (SSSR count). The Morgan fingerprint density at radius 2 is 1.56 bits per heavy atom. The van der Waals surface area contributed by atoms with Crippen LogP contribution in [-0.4, -0.2) is 93.2 Å². The predicted octanol–water partition coefficient (Wildman–Crippen LogP) is -1.87. The molecule has 0 spiro atoms. The maximum Gasteiger partial charge on any atom is 0.408 e. The molecule has 32 heavy (non-hydrogen) atoms. The van der Waals surface area contributed by atoms with Crippen molar-refractivity contribution in [3.05, 3.63) is 0 Å². The minimum absolute atomic E-state index is 0.0933. The van der Waals surface area contributed by atoms with E-state index >= 15 is 0 Å². The first-order valence-corrected chi connectivity index (χ1v) is 10.8. The Morgan fingerprint density at radius 3 is 2.00 bits per heavy atom. The van der Waals surface area contributed by atoms with Gasteiger partial charge in [0, 0.05) is 12.7 Å². The second-order valence-corrected chi connectivity index (χ2v) is 8.79. The van der Waals surface area contributed by atoms with Gasteiger partial charge in [-0.15, -0.1) is 11.8 Å². The Labute approximate surface area is 190 Å². The van der Waals surface area contributed by atoms with Crippen LogP contribution in [0, 0.1) is 0 Å². The number of aliphatic hydroxyl groups is 2. The molecule has 0 unspecified atom stereocenters. The van der Waals surface area contributed by atoms with Crippen LogP contribution in [0.1, 0.15) is 34.6 Å². The number of hydrogen-bond donors (Lipinski definition) is 7. The van der Waals surface area contributed by atoms with Crippen molar-refractivity contribution in [2.24, 2.45) is 0 Å². The van der Waals surface area contributed by atoms with Crippen LogP contribution in [0.2, 0.25) is 0 Å². The van der Waals surface area contributed by atoms with Gasteiger partial charge in [-0.25, -0.2) is 9.59 Å². The average molecular weight is 481 g/mol. The van der Waals surface area contributed by atoms with Crippen molar-refractivity contribution in [3.8, 4) is 0 Å². The number of carbonyl (C=O) groups is 5. The lowest BCUT2D eigenvalue weighted by Crippen LogP contribution is -2.59. The molecule has 0 aliphatic carbocycles. The standard InChI is InChI=1S/C18H32N4O9S/c1-9(24)13(22-17(30)31-18(3,4)5)15(27)20-11(6-23)14(26)21-12(16(28)29)7-32-8-19-10(2)25/h9,11-13,23-24H,6-8H2,1-5H3,(H,19,25)(H,20,27)(H,21,26)(H,22,30)(H,28,29)/t9-,11+,12+,13+/m1/s1. The summed E-state index contributed by atoms with van der Waals surface area (Å²) in [6.45, 7) is 6.45. The summed E-state index contributed by atoms with van der Waals surface area (Å²) in [5.74, 6) is -3.61. The molecule has 0 aromatic carbocycles. The molecule has 0 saturated carbocycles. The fourth-order valence-electron chi connectivity index (χ4n) is 2.07. The lowest BCUT2D eigenvalue weighted by molar-refractivity contribution is -0.141. The molecular weight excluding hydrogens is 448 g/mol. The van der Waals surface area contributed by atoms with E-state index in [0.29, 0.717) is 0 Å². The van der Waals surface area contributed by atoms with E-state index < -0.39 is 60.3 Å². The smallest absolute Gasteiger partial charge is 0.408 e. The fourth-order valence-corrected chi connectivity index (χ4v) is 2.96. The molecular formula is C18H32N4O9S. The van der Waals surface area contributed by atoms with Crippen LogP contribution in [0.4, 0.5) is 4.79 Å². The molecule has 0 aliphatic heterocycles. The number of aliphatic hydroxyl groups excluding tert-OH is 2. The lowest BCUT2D eigenvalue weighted by atomic mass is 10.1. The van der Waals surface area contributed by atoms with E-state index in [1.807, 2.05) is 0 Å². The zero-order valence-corrected chi connectivity index (χ0v) is 19.4. The largest absolute Gasteiger partial charge is 0.480 e. The van der Waals surface area contributed by atoms with E-state index in [9.17, 15) is 39.3 Å². The van der Waals surface area contributed by atoms with Gasteiger partial charge in [-0.1, -0.05) is 0 Å². The first-order valence-electron chi connectivity index (χ1n) is 9.62. The lowest BCUT2D eigenvalue weighted by Gasteiger charge is -2.26. The predicted molar refractivity (Wildman–Crippen MR) is 115 cm³/mol. The number of carboxylic acid groups (broad SMARTS) is 1. The van der Waals surface area contributed by atoms with Gasteiger partial charge in [-0.05, 0) is 27.7 Å². The number of rotatable bonds is 12. The summed E-state index contributed by atoms with van der Waals surface area (Å²) in [4.78, 5) is 58.9. The van der Waals surface area contributed by atoms with E-state index in [0.717, 1.165) is 11.8 Å². The minimum atomic E-state index is -1.55. The number of hydrogen-bond acceptors (Lipinski definition) is 9. The molecule has 0 heterocycles. The van der Waals surface area contributed by atoms with Crippen molar-refractivity contribution in [2.75, 3.05) is 18.2 Å². The van der Waals surface area contributed by atoms with Crippen molar-refractivity contribution in [1.29, 1.82) is 0 Å². The zero-order chi connectivity index (χ0) is 25.1. The van der Waals surface area contributed by atoms with Gasteiger partial charge in [0.15, 0.2) is 0 Å². The molecule has 0 radical (unpaired) electrons. The highest BCUT2D eigenvalue weighted by Crippen LogP contribution is 2.08. The normalized spacial score (nSPS) is 14.8. The maximum atomic E-state index is 12.5. The quantitative estimate of drug-likeness (QED) is 0.122. The number of carboxylic acids is 1. The average Bonchev–Trinajstić information content (AvgIpc) is 2.64. The molecule has 0 aromatic heterocycles. The van der Waals surface area contributed by atoms with Crippen LogP contribution in [0.25, 0.3) is 0 Å². The third-order valence-electron chi connectivity index (χ3n) is 3.57. The van der Waals surface area contributed by atoms with Gasteiger partial charge in [0.05, 0.1) is 18.6 Å². The number of thioether (sulfide) groups is 1. The molecule has 14 heteroatoms. The van der Waals surface area contributed by atoms with Crippen molar-refractivity contribution >= 4 is 41.5 Å². The van der Waals surface area contributed by atoms with E-state index in [4.69, 9.17) is 4.74 Å². The highest BCUT2D eigenvalue weighted by atomic mass is 32.2. The van der Waals surface area contributed by atoms with Crippen LogP contribution >= 0.6 is 11.8 Å². The zero-order valence-electron chi connectivity index (χ0n) is 18.6. The highest BCUT2D eigenvalue weighted by molar-refractivity contribution is 7.99. The number of alkyl carbamates (subject to hydrolysis) is 1. The van der Waals surface area contributed by atoms with Crippen molar-refractivity contribution < 1.29 is 44.0 Å². The Balaban J connectivity index is 5.04. The topological polar surface area (TPSA) is 203 Å². The summed E-state index contributed by atoms with van der Waals surface area (Å²) in [6, 6.07) is -4.42. The van der Waals surface area contributed by atoms with Crippen molar-refractivity contribution in [2.45, 2.75) is 64.4 Å². The summed E-state index contributed by atoms with van der Waals surface area (Å²) in [6.07, 6.45) is -2.35. The Morgan fingerprint density at radius 1 is 1.00 bits per heavy atom. The maximum absolute atomic E-state index is 12.5. The van der Waals surface area contributed by atoms with Gasteiger partial charge in [0.2, 0.25) is 17.7 Å². The molecule has 4 atom stereocenters. The number of amides is 4. The Bertz CT molecular complexity index is 682. The summed E-state index contributed by atoms with van der Waals surface area (Å²) in [5, 5.41) is 37.5. The molecule has 13 nitrogen and oxygen atoms in total. The van der Waals surface area contributed by atoms with Crippen LogP contribution in [0.3, 0.4) is 0 Å². The molecule has 184 valence electrons. The Kier molecular flexibility index (Phi) is 12.6. The summed E-state index contributed by atoms with van der Waals surface area (Å²) in [5.41, 5.74) is -0.860. The molecule has 7 N–H and O–H groups in total. The summed E-state index contributed by atoms with van der Waals surface area (Å²) in [7, 11) is 0. The van der Waals surface area contributed by atoms with Gasteiger partial charge in [-0.3, -0.25) is 14.4 Å². The SMILES string of the molecule is CC(=O)NCSC[C@H](NC(=O)[C@H](CO)NC(=O)[C@@H](NC(=O)OC(C)(C)C)[C@@H](C)O)C(=O)O. The van der Waals surface area contributed by atoms with E-state index in [1.165, 1.54) is 13.8 Å². The van der Waals surface area contributed by atoms with Crippen molar-refractivity contribution in [3.63, 3.8) is 0 Å². The molecule has 4 amide bonds. The Hall–Kier alpha value is -2.58. The highest BCUT2D eigenvalue weighted by Gasteiger charge is 2.32. The van der Waals surface area contributed by atoms with Gasteiger partial charge >= 0.3 is 12.1 Å². The number of aliphatic carboxylic acids is 1. The number of ether oxygens (including phenoxy) is 1. The van der Waals surface area contributed by atoms with Gasteiger partial charge in [0.25, 0.3) is 0 Å². The monoisotopic (exact) mass is 480 g/mol. The second kappa shape index (κ2) is 13.8. The summed E-state index contributed by atoms with van der Waals surface area (Å²) < 4.78 is 5.02. The molecule has 0 aromatic rings. The molecule has 0 fully saturated rings. The summed E-state index contributed by atoms with van der Waals surface area (Å²) >= 11 is 1.04. The van der Waals surface area contributed by atoms with Gasteiger partial charge in [0.1, 0.15) is 23.7 Å². The number of carbonyl (C=O) groups excluding carboxylic acids is 4. The van der Waals surface area contributed by atoms with Gasteiger partial charge < -0.3 is 41.3 Å². The van der Waals surface area contributed by atoms with Crippen molar-refractivity contribution in [1.82, 2.24) is 21.3 Å². The second-order valence-electron chi connectivity index (χ2n) is 7.76. The van der Waals surface area contributed by atoms with Crippen LogP contribution in [0.5, 0.6) is 0 Å². The molecule has 0 aliphatic rings. The van der Waals surface area contributed by atoms with E-state index in [1.54, 1.807) is 20.8 Å². The minimum Gasteiger partial charge on any atom is -0.480 e. The fraction of sp³-hybridized carbons (Fsp3) is 0.722. The van der Waals surface area contributed by atoms with E-state index in [2.05, 4.69) is 21.3 Å². The van der Waals surface area contributed by atoms with Crippen LogP contribution in [0.15, 0.2) is 0 Å². The first-order chi connectivity index (χ1) is 14.7. The third kappa shape index (κ3) is 12.3. The number of nitrogens with one attached hydrogen (secondary N) is 4. The first kappa shape index (κ1) is 29.4. The van der Waals surface area contributed by atoms with Crippen LogP contribution in [-0.2, 0) is 23.9 Å².